The summed E-state index contributed by atoms with van der Waals surface area (Å²) in [7, 11) is 0. The monoisotopic (exact) mass is 244 g/mol. The molecule has 1 heterocycles. The van der Waals surface area contributed by atoms with E-state index in [0.717, 1.165) is 19.4 Å². The number of hydrogen-bond donors (Lipinski definition) is 2. The molecule has 17 heavy (non-hydrogen) atoms. The Balaban J connectivity index is 2.20. The molecule has 3 N–H and O–H groups in total. The Kier molecular flexibility index (Phi) is 5.93. The molecule has 0 aromatic heterocycles. The molecule has 1 fully saturated rings. The second-order valence-electron chi connectivity index (χ2n) is 4.18. The second-order valence-corrected chi connectivity index (χ2v) is 4.18. The van der Waals surface area contributed by atoms with Crippen LogP contribution in [0.4, 0.5) is 0 Å². The van der Waals surface area contributed by atoms with Gasteiger partial charge in [-0.1, -0.05) is 0 Å². The summed E-state index contributed by atoms with van der Waals surface area (Å²) in [6.45, 7) is 1.78. The fourth-order valence-electron chi connectivity index (χ4n) is 1.90. The first-order valence-electron chi connectivity index (χ1n) is 5.94. The molecule has 6 nitrogen and oxygen atoms in total. The third-order valence-corrected chi connectivity index (χ3v) is 2.79. The number of nitrogens with zero attached hydrogens (tertiary/aromatic N) is 1. The Bertz CT molecular complexity index is 270. The van der Waals surface area contributed by atoms with E-state index in [1.165, 1.54) is 0 Å². The molecule has 0 bridgehead atoms. The fraction of sp³-hybridized carbons (Fsp3) is 0.818. The van der Waals surface area contributed by atoms with E-state index in [2.05, 4.69) is 0 Å². The number of nitrogens with two attached hydrogens (primary N) is 1. The van der Waals surface area contributed by atoms with E-state index in [4.69, 9.17) is 15.6 Å². The van der Waals surface area contributed by atoms with Gasteiger partial charge in [0.05, 0.1) is 12.6 Å². The van der Waals surface area contributed by atoms with Gasteiger partial charge in [0.1, 0.15) is 0 Å². The van der Waals surface area contributed by atoms with Gasteiger partial charge >= 0.3 is 5.97 Å². The zero-order valence-electron chi connectivity index (χ0n) is 9.93. The lowest BCUT2D eigenvalue weighted by atomic mass is 10.1. The van der Waals surface area contributed by atoms with E-state index < -0.39 is 5.97 Å². The van der Waals surface area contributed by atoms with E-state index in [0.29, 0.717) is 19.6 Å². The van der Waals surface area contributed by atoms with Crippen molar-refractivity contribution in [3.8, 4) is 0 Å². The highest BCUT2D eigenvalue weighted by molar-refractivity contribution is 5.78. The maximum absolute atomic E-state index is 11.4. The molecule has 1 rings (SSSR count). The van der Waals surface area contributed by atoms with Crippen molar-refractivity contribution in [2.45, 2.75) is 31.8 Å². The van der Waals surface area contributed by atoms with Gasteiger partial charge in [-0.05, 0) is 19.3 Å². The number of likely N-dealkylation sites (tertiary alicyclic amines) is 1. The van der Waals surface area contributed by atoms with Gasteiger partial charge < -0.3 is 20.5 Å². The van der Waals surface area contributed by atoms with Crippen LogP contribution in [0.15, 0.2) is 0 Å². The summed E-state index contributed by atoms with van der Waals surface area (Å²) in [6, 6.07) is 0. The molecule has 1 aliphatic rings. The molecule has 1 amide bonds. The van der Waals surface area contributed by atoms with Gasteiger partial charge in [-0.2, -0.15) is 0 Å². The minimum Gasteiger partial charge on any atom is -0.481 e. The van der Waals surface area contributed by atoms with Crippen LogP contribution in [0.2, 0.25) is 0 Å². The highest BCUT2D eigenvalue weighted by Gasteiger charge is 2.22. The first kappa shape index (κ1) is 13.9. The normalized spacial score (nSPS) is 20.3. The number of rotatable bonds is 6. The summed E-state index contributed by atoms with van der Waals surface area (Å²) in [5, 5.41) is 8.47. The van der Waals surface area contributed by atoms with Gasteiger partial charge in [0.2, 0.25) is 5.91 Å². The Labute approximate surface area is 101 Å². The molecule has 1 saturated heterocycles. The van der Waals surface area contributed by atoms with Crippen LogP contribution in [0.5, 0.6) is 0 Å². The second kappa shape index (κ2) is 7.24. The third-order valence-electron chi connectivity index (χ3n) is 2.79. The zero-order valence-corrected chi connectivity index (χ0v) is 9.93. The quantitative estimate of drug-likeness (QED) is 0.632. The number of hydrogen-bond acceptors (Lipinski definition) is 4. The van der Waals surface area contributed by atoms with Crippen LogP contribution >= 0.6 is 0 Å². The minimum atomic E-state index is -0.808. The molecule has 0 spiro atoms. The third kappa shape index (κ3) is 5.14. The maximum atomic E-state index is 11.4. The summed E-state index contributed by atoms with van der Waals surface area (Å²) < 4.78 is 5.56. The van der Waals surface area contributed by atoms with Crippen molar-refractivity contribution >= 4 is 11.9 Å². The SMILES string of the molecule is NCC(=O)N1CCCC(OCCCC(=O)O)C1. The Hall–Kier alpha value is -1.14. The molecule has 0 radical (unpaired) electrons. The fourth-order valence-corrected chi connectivity index (χ4v) is 1.90. The van der Waals surface area contributed by atoms with Crippen LogP contribution in [0, 0.1) is 0 Å². The molecule has 0 aromatic carbocycles. The van der Waals surface area contributed by atoms with Crippen LogP contribution in [-0.2, 0) is 14.3 Å². The van der Waals surface area contributed by atoms with Crippen LogP contribution < -0.4 is 5.73 Å². The van der Waals surface area contributed by atoms with Crippen LogP contribution in [-0.4, -0.2) is 54.2 Å². The summed E-state index contributed by atoms with van der Waals surface area (Å²) in [5.74, 6) is -0.860. The Morgan fingerprint density at radius 3 is 2.88 bits per heavy atom. The summed E-state index contributed by atoms with van der Waals surface area (Å²) in [5.41, 5.74) is 5.31. The van der Waals surface area contributed by atoms with E-state index >= 15 is 0 Å². The Morgan fingerprint density at radius 1 is 1.47 bits per heavy atom. The minimum absolute atomic E-state index is 0.0213. The molecule has 1 aliphatic heterocycles. The highest BCUT2D eigenvalue weighted by atomic mass is 16.5. The zero-order chi connectivity index (χ0) is 12.7. The molecule has 1 atom stereocenters. The number of carbonyl (C=O) groups is 2. The standard InChI is InChI=1S/C11H20N2O4/c12-7-10(14)13-5-1-3-9(8-13)17-6-2-4-11(15)16/h9H,1-8,12H2,(H,15,16). The number of piperidine rings is 1. The lowest BCUT2D eigenvalue weighted by Gasteiger charge is -2.32. The number of aliphatic carboxylic acids is 1. The number of amides is 1. The molecule has 0 saturated carbocycles. The Morgan fingerprint density at radius 2 is 2.24 bits per heavy atom. The van der Waals surface area contributed by atoms with E-state index in [-0.39, 0.29) is 25.0 Å². The number of carboxylic acids is 1. The van der Waals surface area contributed by atoms with E-state index in [1.807, 2.05) is 0 Å². The summed E-state index contributed by atoms with van der Waals surface area (Å²) >= 11 is 0. The van der Waals surface area contributed by atoms with Crippen molar-refractivity contribution in [1.29, 1.82) is 0 Å². The molecule has 6 heteroatoms. The van der Waals surface area contributed by atoms with Crippen molar-refractivity contribution in [3.05, 3.63) is 0 Å². The van der Waals surface area contributed by atoms with Gasteiger partial charge in [0.15, 0.2) is 0 Å². The average Bonchev–Trinajstić information content (AvgIpc) is 2.34. The van der Waals surface area contributed by atoms with Gasteiger partial charge in [-0.15, -0.1) is 0 Å². The van der Waals surface area contributed by atoms with Crippen molar-refractivity contribution in [1.82, 2.24) is 4.90 Å². The lowest BCUT2D eigenvalue weighted by molar-refractivity contribution is -0.137. The predicted molar refractivity (Wildman–Crippen MR) is 61.5 cm³/mol. The molecule has 1 unspecified atom stereocenters. The largest absolute Gasteiger partial charge is 0.481 e. The van der Waals surface area contributed by atoms with Crippen LogP contribution in [0.25, 0.3) is 0 Å². The van der Waals surface area contributed by atoms with Crippen LogP contribution in [0.1, 0.15) is 25.7 Å². The molecule has 0 aromatic rings. The number of carbonyl (C=O) groups excluding carboxylic acids is 1. The molecular weight excluding hydrogens is 224 g/mol. The first-order chi connectivity index (χ1) is 8.13. The molecular formula is C11H20N2O4. The molecule has 98 valence electrons. The van der Waals surface area contributed by atoms with Crippen molar-refractivity contribution in [3.63, 3.8) is 0 Å². The lowest BCUT2D eigenvalue weighted by Crippen LogP contribution is -2.45. The van der Waals surface area contributed by atoms with Gasteiger partial charge in [0.25, 0.3) is 0 Å². The van der Waals surface area contributed by atoms with E-state index in [9.17, 15) is 9.59 Å². The summed E-state index contributed by atoms with van der Waals surface area (Å²) in [4.78, 5) is 23.4. The van der Waals surface area contributed by atoms with Crippen molar-refractivity contribution < 1.29 is 19.4 Å². The highest BCUT2D eigenvalue weighted by Crippen LogP contribution is 2.13. The predicted octanol–water partition coefficient (Wildman–Crippen LogP) is -0.182. The summed E-state index contributed by atoms with van der Waals surface area (Å²) in [6.07, 6.45) is 2.49. The molecule has 0 aliphatic carbocycles. The maximum Gasteiger partial charge on any atom is 0.303 e. The van der Waals surface area contributed by atoms with Gasteiger partial charge in [-0.3, -0.25) is 9.59 Å². The smallest absolute Gasteiger partial charge is 0.303 e. The number of carboxylic acid groups (broad SMARTS) is 1. The van der Waals surface area contributed by atoms with Crippen molar-refractivity contribution in [2.24, 2.45) is 5.73 Å². The van der Waals surface area contributed by atoms with Crippen molar-refractivity contribution in [2.75, 3.05) is 26.2 Å². The van der Waals surface area contributed by atoms with E-state index in [1.54, 1.807) is 4.90 Å². The van der Waals surface area contributed by atoms with Crippen LogP contribution in [0.3, 0.4) is 0 Å². The number of ether oxygens (including phenoxy) is 1. The van der Waals surface area contributed by atoms with Gasteiger partial charge in [-0.25, -0.2) is 0 Å². The average molecular weight is 244 g/mol. The first-order valence-corrected chi connectivity index (χ1v) is 5.94. The van der Waals surface area contributed by atoms with Gasteiger partial charge in [0, 0.05) is 26.1 Å². The topological polar surface area (TPSA) is 92.9 Å².